The predicted octanol–water partition coefficient (Wildman–Crippen LogP) is 3.88. The van der Waals surface area contributed by atoms with Crippen LogP contribution >= 0.6 is 31.9 Å². The van der Waals surface area contributed by atoms with Crippen LogP contribution in [0.5, 0.6) is 5.75 Å². The van der Waals surface area contributed by atoms with E-state index in [4.69, 9.17) is 4.74 Å². The van der Waals surface area contributed by atoms with Gasteiger partial charge in [-0.15, -0.1) is 0 Å². The summed E-state index contributed by atoms with van der Waals surface area (Å²) in [4.78, 5) is 0. The van der Waals surface area contributed by atoms with Crippen LogP contribution in [0, 0.1) is 5.82 Å². The van der Waals surface area contributed by atoms with E-state index in [9.17, 15) is 4.39 Å². The van der Waals surface area contributed by atoms with Gasteiger partial charge >= 0.3 is 0 Å². The summed E-state index contributed by atoms with van der Waals surface area (Å²) in [5.41, 5.74) is 0. The molecule has 0 saturated heterocycles. The number of hydrogen-bond donors (Lipinski definition) is 0. The first-order chi connectivity index (χ1) is 6.09. The van der Waals surface area contributed by atoms with Gasteiger partial charge in [-0.1, -0.05) is 22.5 Å². The minimum atomic E-state index is -0.335. The molecule has 0 saturated carbocycles. The van der Waals surface area contributed by atoms with Crippen molar-refractivity contribution in [3.63, 3.8) is 0 Å². The van der Waals surface area contributed by atoms with Crippen LogP contribution in [0.3, 0.4) is 0 Å². The first-order valence-corrected chi connectivity index (χ1v) is 5.09. The second-order valence-corrected chi connectivity index (χ2v) is 4.36. The lowest BCUT2D eigenvalue weighted by molar-refractivity contribution is 0.358. The number of rotatable bonds is 3. The zero-order valence-electron chi connectivity index (χ0n) is 6.69. The summed E-state index contributed by atoms with van der Waals surface area (Å²) in [6.45, 7) is 3.93. The average Bonchev–Trinajstić information content (AvgIpc) is 2.07. The first-order valence-electron chi connectivity index (χ1n) is 3.50. The van der Waals surface area contributed by atoms with Gasteiger partial charge in [0.2, 0.25) is 0 Å². The molecule has 0 atom stereocenters. The van der Waals surface area contributed by atoms with Crippen molar-refractivity contribution in [3.05, 3.63) is 39.6 Å². The number of ether oxygens (including phenoxy) is 1. The van der Waals surface area contributed by atoms with Crippen molar-refractivity contribution >= 4 is 31.9 Å². The lowest BCUT2D eigenvalue weighted by Crippen LogP contribution is -1.96. The Hall–Kier alpha value is -0.350. The summed E-state index contributed by atoms with van der Waals surface area (Å²) in [6, 6.07) is 4.60. The predicted molar refractivity (Wildman–Crippen MR) is 57.7 cm³/mol. The van der Waals surface area contributed by atoms with Gasteiger partial charge in [-0.2, -0.15) is 0 Å². The molecule has 0 aromatic heterocycles. The van der Waals surface area contributed by atoms with Crippen molar-refractivity contribution in [2.75, 3.05) is 6.61 Å². The molecule has 0 unspecified atom stereocenters. The van der Waals surface area contributed by atoms with E-state index >= 15 is 0 Å². The highest BCUT2D eigenvalue weighted by atomic mass is 79.9. The Labute approximate surface area is 92.9 Å². The molecule has 0 aliphatic heterocycles. The zero-order chi connectivity index (χ0) is 9.84. The molecule has 1 rings (SSSR count). The fourth-order valence-corrected chi connectivity index (χ4v) is 1.09. The molecular formula is C9H7Br2FO. The van der Waals surface area contributed by atoms with Crippen LogP contribution in [-0.4, -0.2) is 6.61 Å². The molecule has 1 aromatic rings. The Bertz CT molecular complexity index is 325. The van der Waals surface area contributed by atoms with Crippen molar-refractivity contribution < 1.29 is 9.13 Å². The molecule has 0 bridgehead atoms. The van der Waals surface area contributed by atoms with E-state index in [-0.39, 0.29) is 5.82 Å². The summed E-state index contributed by atoms with van der Waals surface area (Å²) >= 11 is 6.19. The molecule has 0 amide bonds. The van der Waals surface area contributed by atoms with Crippen molar-refractivity contribution in [1.82, 2.24) is 0 Å². The summed E-state index contributed by atoms with van der Waals surface area (Å²) in [6.07, 6.45) is 0. The second kappa shape index (κ2) is 4.77. The van der Waals surface area contributed by atoms with Crippen LogP contribution in [0.25, 0.3) is 0 Å². The number of halogens is 3. The quantitative estimate of drug-likeness (QED) is 0.823. The average molecular weight is 310 g/mol. The topological polar surface area (TPSA) is 9.23 Å². The molecule has 0 radical (unpaired) electrons. The SMILES string of the molecule is C=C(Br)COc1ccc(Br)c(F)c1. The molecule has 0 aliphatic carbocycles. The smallest absolute Gasteiger partial charge is 0.141 e. The van der Waals surface area contributed by atoms with E-state index in [1.165, 1.54) is 6.07 Å². The van der Waals surface area contributed by atoms with Crippen LogP contribution in [0.2, 0.25) is 0 Å². The molecule has 0 aliphatic rings. The standard InChI is InChI=1S/C9H7Br2FO/c1-6(10)5-13-7-2-3-8(11)9(12)4-7/h2-4H,1,5H2. The minimum absolute atomic E-state index is 0.334. The Morgan fingerprint density at radius 1 is 1.54 bits per heavy atom. The van der Waals surface area contributed by atoms with Gasteiger partial charge < -0.3 is 4.74 Å². The Kier molecular flexibility index (Phi) is 3.93. The van der Waals surface area contributed by atoms with Gasteiger partial charge in [-0.05, 0) is 28.1 Å². The summed E-state index contributed by atoms with van der Waals surface area (Å²) in [5, 5.41) is 0. The second-order valence-electron chi connectivity index (χ2n) is 2.38. The normalized spacial score (nSPS) is 9.77. The van der Waals surface area contributed by atoms with Gasteiger partial charge in [0.15, 0.2) is 0 Å². The fourth-order valence-electron chi connectivity index (χ4n) is 0.728. The molecular weight excluding hydrogens is 303 g/mol. The van der Waals surface area contributed by atoms with E-state index in [0.717, 1.165) is 4.48 Å². The van der Waals surface area contributed by atoms with Gasteiger partial charge in [0.1, 0.15) is 18.2 Å². The van der Waals surface area contributed by atoms with Crippen LogP contribution in [0.1, 0.15) is 0 Å². The van der Waals surface area contributed by atoms with E-state index in [2.05, 4.69) is 38.4 Å². The maximum atomic E-state index is 12.9. The van der Waals surface area contributed by atoms with Crippen LogP contribution < -0.4 is 4.74 Å². The Morgan fingerprint density at radius 2 is 2.23 bits per heavy atom. The lowest BCUT2D eigenvalue weighted by atomic mass is 10.3. The summed E-state index contributed by atoms with van der Waals surface area (Å²) in [5.74, 6) is 0.152. The van der Waals surface area contributed by atoms with Crippen molar-refractivity contribution in [1.29, 1.82) is 0 Å². The van der Waals surface area contributed by atoms with E-state index in [1.807, 2.05) is 0 Å². The van der Waals surface area contributed by atoms with Crippen LogP contribution in [0.4, 0.5) is 4.39 Å². The zero-order valence-corrected chi connectivity index (χ0v) is 9.86. The van der Waals surface area contributed by atoms with E-state index in [0.29, 0.717) is 16.8 Å². The highest BCUT2D eigenvalue weighted by molar-refractivity contribution is 9.11. The summed E-state index contributed by atoms with van der Waals surface area (Å²) in [7, 11) is 0. The number of hydrogen-bond acceptors (Lipinski definition) is 1. The van der Waals surface area contributed by atoms with Gasteiger partial charge in [-0.3, -0.25) is 0 Å². The fraction of sp³-hybridized carbons (Fsp3) is 0.111. The van der Waals surface area contributed by atoms with Gasteiger partial charge in [0.05, 0.1) is 4.47 Å². The van der Waals surface area contributed by atoms with Crippen molar-refractivity contribution in [2.45, 2.75) is 0 Å². The molecule has 0 N–H and O–H groups in total. The van der Waals surface area contributed by atoms with Crippen LogP contribution in [0.15, 0.2) is 33.7 Å². The van der Waals surface area contributed by atoms with Crippen molar-refractivity contribution in [2.24, 2.45) is 0 Å². The molecule has 70 valence electrons. The minimum Gasteiger partial charge on any atom is -0.488 e. The maximum absolute atomic E-state index is 12.9. The molecule has 13 heavy (non-hydrogen) atoms. The van der Waals surface area contributed by atoms with E-state index < -0.39 is 0 Å². The van der Waals surface area contributed by atoms with E-state index in [1.54, 1.807) is 12.1 Å². The summed E-state index contributed by atoms with van der Waals surface area (Å²) < 4.78 is 19.3. The molecule has 0 heterocycles. The molecule has 1 nitrogen and oxygen atoms in total. The largest absolute Gasteiger partial charge is 0.488 e. The maximum Gasteiger partial charge on any atom is 0.141 e. The van der Waals surface area contributed by atoms with Crippen LogP contribution in [-0.2, 0) is 0 Å². The van der Waals surface area contributed by atoms with Gasteiger partial charge in [0, 0.05) is 10.5 Å². The Balaban J connectivity index is 2.68. The lowest BCUT2D eigenvalue weighted by Gasteiger charge is -2.04. The van der Waals surface area contributed by atoms with Gasteiger partial charge in [-0.25, -0.2) is 4.39 Å². The van der Waals surface area contributed by atoms with Gasteiger partial charge in [0.25, 0.3) is 0 Å². The Morgan fingerprint density at radius 3 is 2.77 bits per heavy atom. The highest BCUT2D eigenvalue weighted by Gasteiger charge is 2.01. The molecule has 4 heteroatoms. The number of benzene rings is 1. The molecule has 0 fully saturated rings. The molecule has 1 aromatic carbocycles. The first kappa shape index (κ1) is 10.7. The third-order valence-electron chi connectivity index (χ3n) is 1.29. The van der Waals surface area contributed by atoms with Crippen molar-refractivity contribution in [3.8, 4) is 5.75 Å². The highest BCUT2D eigenvalue weighted by Crippen LogP contribution is 2.21. The third-order valence-corrected chi connectivity index (χ3v) is 2.16. The third kappa shape index (κ3) is 3.48. The monoisotopic (exact) mass is 308 g/mol. The molecule has 0 spiro atoms.